The zero-order valence-electron chi connectivity index (χ0n) is 18.2. The molecule has 5 nitrogen and oxygen atoms in total. The molecule has 6 heteroatoms. The van der Waals surface area contributed by atoms with Crippen LogP contribution in [0.3, 0.4) is 0 Å². The molecule has 0 aliphatic carbocycles. The lowest BCUT2D eigenvalue weighted by molar-refractivity contribution is 0.102. The fraction of sp³-hybridized carbons (Fsp3) is 0.292. The Morgan fingerprint density at radius 1 is 1.03 bits per heavy atom. The van der Waals surface area contributed by atoms with E-state index in [2.05, 4.69) is 49.4 Å². The minimum Gasteiger partial charge on any atom is -0.306 e. The number of anilines is 1. The molecule has 0 fully saturated rings. The van der Waals surface area contributed by atoms with E-state index in [1.807, 2.05) is 45.0 Å². The van der Waals surface area contributed by atoms with Gasteiger partial charge in [0.05, 0.1) is 15.9 Å². The first-order valence-electron chi connectivity index (χ1n) is 9.98. The number of hydrogen-bond acceptors (Lipinski definition) is 4. The van der Waals surface area contributed by atoms with Gasteiger partial charge >= 0.3 is 0 Å². The van der Waals surface area contributed by atoms with Gasteiger partial charge in [-0.15, -0.1) is 0 Å². The van der Waals surface area contributed by atoms with Crippen LogP contribution < -0.4 is 5.32 Å². The van der Waals surface area contributed by atoms with Crippen molar-refractivity contribution in [3.8, 4) is 5.13 Å². The molecular formula is C24H26N4OS. The van der Waals surface area contributed by atoms with Crippen LogP contribution in [0.5, 0.6) is 0 Å². The SMILES string of the molecule is Cc1ccc(C)c(C(=O)Nc2cc(C)nn2-c2nc3ccc(C(C)(C)C)cc3s2)c1. The van der Waals surface area contributed by atoms with Crippen molar-refractivity contribution in [1.29, 1.82) is 0 Å². The number of nitrogens with one attached hydrogen (secondary N) is 1. The first-order valence-corrected chi connectivity index (χ1v) is 10.8. The summed E-state index contributed by atoms with van der Waals surface area (Å²) in [5, 5.41) is 8.34. The molecule has 4 rings (SSSR count). The molecule has 154 valence electrons. The van der Waals surface area contributed by atoms with E-state index < -0.39 is 0 Å². The number of carbonyl (C=O) groups excluding carboxylic acids is 1. The molecule has 2 heterocycles. The van der Waals surface area contributed by atoms with Gasteiger partial charge in [-0.25, -0.2) is 4.98 Å². The van der Waals surface area contributed by atoms with E-state index in [1.54, 1.807) is 16.0 Å². The number of carbonyl (C=O) groups is 1. The van der Waals surface area contributed by atoms with Crippen LogP contribution >= 0.6 is 11.3 Å². The van der Waals surface area contributed by atoms with Crippen LogP contribution in [0.2, 0.25) is 0 Å². The van der Waals surface area contributed by atoms with Crippen molar-refractivity contribution < 1.29 is 4.79 Å². The van der Waals surface area contributed by atoms with E-state index in [4.69, 9.17) is 4.98 Å². The minimum atomic E-state index is -0.145. The monoisotopic (exact) mass is 418 g/mol. The van der Waals surface area contributed by atoms with Crippen molar-refractivity contribution in [2.24, 2.45) is 0 Å². The second-order valence-corrected chi connectivity index (χ2v) is 9.79. The normalized spacial score (nSPS) is 11.8. The van der Waals surface area contributed by atoms with Gasteiger partial charge in [-0.2, -0.15) is 9.78 Å². The zero-order valence-corrected chi connectivity index (χ0v) is 19.0. The van der Waals surface area contributed by atoms with E-state index in [9.17, 15) is 4.79 Å². The Hall–Kier alpha value is -2.99. The fourth-order valence-corrected chi connectivity index (χ4v) is 4.34. The Kier molecular flexibility index (Phi) is 4.98. The Balaban J connectivity index is 1.71. The van der Waals surface area contributed by atoms with E-state index in [-0.39, 0.29) is 11.3 Å². The molecule has 0 bridgehead atoms. The molecule has 0 saturated heterocycles. The van der Waals surface area contributed by atoms with Crippen molar-refractivity contribution >= 4 is 33.3 Å². The maximum Gasteiger partial charge on any atom is 0.257 e. The van der Waals surface area contributed by atoms with Crippen molar-refractivity contribution in [3.05, 3.63) is 70.4 Å². The van der Waals surface area contributed by atoms with Crippen LogP contribution in [0.4, 0.5) is 5.82 Å². The van der Waals surface area contributed by atoms with Crippen molar-refractivity contribution in [3.63, 3.8) is 0 Å². The average Bonchev–Trinajstić information content (AvgIpc) is 3.25. The third kappa shape index (κ3) is 3.87. The lowest BCUT2D eigenvalue weighted by Gasteiger charge is -2.18. The molecule has 1 N–H and O–H groups in total. The van der Waals surface area contributed by atoms with Gasteiger partial charge in [-0.1, -0.05) is 55.9 Å². The van der Waals surface area contributed by atoms with Crippen molar-refractivity contribution in [2.45, 2.75) is 47.0 Å². The highest BCUT2D eigenvalue weighted by Crippen LogP contribution is 2.31. The summed E-state index contributed by atoms with van der Waals surface area (Å²) in [6.45, 7) is 12.4. The van der Waals surface area contributed by atoms with Crippen LogP contribution in [-0.4, -0.2) is 20.7 Å². The minimum absolute atomic E-state index is 0.0748. The highest BCUT2D eigenvalue weighted by molar-refractivity contribution is 7.20. The molecule has 1 amide bonds. The first kappa shape index (κ1) is 20.3. The first-order chi connectivity index (χ1) is 14.1. The van der Waals surface area contributed by atoms with E-state index >= 15 is 0 Å². The smallest absolute Gasteiger partial charge is 0.257 e. The third-order valence-corrected chi connectivity index (χ3v) is 6.13. The van der Waals surface area contributed by atoms with Gasteiger partial charge in [0.25, 0.3) is 5.91 Å². The van der Waals surface area contributed by atoms with Gasteiger partial charge in [0.1, 0.15) is 5.82 Å². The lowest BCUT2D eigenvalue weighted by Crippen LogP contribution is -2.16. The van der Waals surface area contributed by atoms with Gasteiger partial charge in [0.2, 0.25) is 5.13 Å². The Morgan fingerprint density at radius 3 is 2.53 bits per heavy atom. The van der Waals surface area contributed by atoms with Gasteiger partial charge in [-0.05, 0) is 55.5 Å². The quantitative estimate of drug-likeness (QED) is 0.447. The standard InChI is InChI=1S/C24H26N4OS/c1-14-7-8-15(2)18(11-14)22(29)26-21-12-16(3)27-28(21)23-25-19-10-9-17(24(4,5)6)13-20(19)30-23/h7-13H,1-6H3,(H,26,29). The predicted molar refractivity (Wildman–Crippen MR) is 124 cm³/mol. The zero-order chi connectivity index (χ0) is 21.6. The molecular weight excluding hydrogens is 392 g/mol. The number of aromatic nitrogens is 3. The predicted octanol–water partition coefficient (Wildman–Crippen LogP) is 5.96. The van der Waals surface area contributed by atoms with Crippen molar-refractivity contribution in [2.75, 3.05) is 5.32 Å². The molecule has 0 aliphatic heterocycles. The van der Waals surface area contributed by atoms with Crippen LogP contribution in [-0.2, 0) is 5.41 Å². The molecule has 0 saturated carbocycles. The Labute approximate surface area is 180 Å². The van der Waals surface area contributed by atoms with Crippen LogP contribution in [0, 0.1) is 20.8 Å². The summed E-state index contributed by atoms with van der Waals surface area (Å²) in [4.78, 5) is 17.7. The van der Waals surface area contributed by atoms with Gasteiger partial charge in [0, 0.05) is 11.6 Å². The summed E-state index contributed by atoms with van der Waals surface area (Å²) in [6.07, 6.45) is 0. The maximum absolute atomic E-state index is 12.9. The molecule has 0 unspecified atom stereocenters. The highest BCUT2D eigenvalue weighted by atomic mass is 32.1. The molecule has 0 aliphatic rings. The Morgan fingerprint density at radius 2 is 1.80 bits per heavy atom. The number of amides is 1. The number of nitrogens with zero attached hydrogens (tertiary/aromatic N) is 3. The number of rotatable bonds is 3. The Bertz CT molecular complexity index is 1260. The van der Waals surface area contributed by atoms with Crippen LogP contribution in [0.1, 0.15) is 53.5 Å². The number of aryl methyl sites for hydroxylation is 3. The largest absolute Gasteiger partial charge is 0.306 e. The molecule has 0 atom stereocenters. The highest BCUT2D eigenvalue weighted by Gasteiger charge is 2.18. The summed E-state index contributed by atoms with van der Waals surface area (Å²) in [6, 6.07) is 14.1. The molecule has 2 aromatic heterocycles. The average molecular weight is 419 g/mol. The molecule has 4 aromatic rings. The maximum atomic E-state index is 12.9. The van der Waals surface area contributed by atoms with Crippen LogP contribution in [0.15, 0.2) is 42.5 Å². The fourth-order valence-electron chi connectivity index (χ4n) is 3.37. The number of fused-ring (bicyclic) bond motifs is 1. The second kappa shape index (κ2) is 7.36. The van der Waals surface area contributed by atoms with Gasteiger partial charge in [-0.3, -0.25) is 4.79 Å². The van der Waals surface area contributed by atoms with Gasteiger partial charge in [0.15, 0.2) is 0 Å². The van der Waals surface area contributed by atoms with Crippen molar-refractivity contribution in [1.82, 2.24) is 14.8 Å². The second-order valence-electron chi connectivity index (χ2n) is 8.78. The summed E-state index contributed by atoms with van der Waals surface area (Å²) in [5.74, 6) is 0.474. The third-order valence-electron chi connectivity index (χ3n) is 5.14. The summed E-state index contributed by atoms with van der Waals surface area (Å²) >= 11 is 1.57. The van der Waals surface area contributed by atoms with Crippen LogP contribution in [0.25, 0.3) is 15.3 Å². The number of benzene rings is 2. The number of thiazole rings is 1. The molecule has 0 spiro atoms. The topological polar surface area (TPSA) is 59.8 Å². The number of hydrogen-bond donors (Lipinski definition) is 1. The summed E-state index contributed by atoms with van der Waals surface area (Å²) < 4.78 is 2.83. The van der Waals surface area contributed by atoms with Gasteiger partial charge < -0.3 is 5.32 Å². The van der Waals surface area contributed by atoms with E-state index in [0.29, 0.717) is 11.4 Å². The summed E-state index contributed by atoms with van der Waals surface area (Å²) in [5.41, 5.74) is 5.76. The van der Waals surface area contributed by atoms with E-state index in [1.165, 1.54) is 5.56 Å². The molecule has 0 radical (unpaired) electrons. The molecule has 30 heavy (non-hydrogen) atoms. The molecule has 2 aromatic carbocycles. The summed E-state index contributed by atoms with van der Waals surface area (Å²) in [7, 11) is 0. The lowest BCUT2D eigenvalue weighted by atomic mass is 9.87. The van der Waals surface area contributed by atoms with E-state index in [0.717, 1.165) is 32.2 Å².